The number of hydrogen-bond donors (Lipinski definition) is 1. The summed E-state index contributed by atoms with van der Waals surface area (Å²) in [5.41, 5.74) is 2.67. The maximum Gasteiger partial charge on any atom is 0.325 e. The third-order valence-corrected chi connectivity index (χ3v) is 5.75. The maximum atomic E-state index is 13.7. The van der Waals surface area contributed by atoms with E-state index in [1.807, 2.05) is 86.6 Å². The first-order valence-corrected chi connectivity index (χ1v) is 10.2. The van der Waals surface area contributed by atoms with Gasteiger partial charge >= 0.3 is 6.03 Å². The van der Waals surface area contributed by atoms with Crippen molar-refractivity contribution in [3.8, 4) is 0 Å². The average Bonchev–Trinajstić information content (AvgIpc) is 3.01. The number of amides is 3. The van der Waals surface area contributed by atoms with Crippen molar-refractivity contribution in [2.45, 2.75) is 25.8 Å². The molecular weight excluding hydrogens is 388 g/mol. The molecule has 1 aliphatic heterocycles. The lowest BCUT2D eigenvalue weighted by Crippen LogP contribution is -2.46. The highest BCUT2D eigenvalue weighted by Gasteiger charge is 2.52. The van der Waals surface area contributed by atoms with Gasteiger partial charge in [0.1, 0.15) is 0 Å². The van der Waals surface area contributed by atoms with Crippen molar-refractivity contribution < 1.29 is 14.4 Å². The number of nitrogens with zero attached hydrogens (tertiary/aromatic N) is 1. The number of imide groups is 1. The Bertz CT molecular complexity index is 1140. The molecule has 0 aromatic heterocycles. The third-order valence-electron chi connectivity index (χ3n) is 5.75. The summed E-state index contributed by atoms with van der Waals surface area (Å²) in [6, 6.07) is 23.8. The van der Waals surface area contributed by atoms with Crippen LogP contribution in [0.25, 0.3) is 0 Å². The van der Waals surface area contributed by atoms with Crippen LogP contribution < -0.4 is 5.32 Å². The van der Waals surface area contributed by atoms with Gasteiger partial charge in [0.25, 0.3) is 5.91 Å². The van der Waals surface area contributed by atoms with Crippen LogP contribution in [0.1, 0.15) is 32.6 Å². The van der Waals surface area contributed by atoms with E-state index in [0.717, 1.165) is 21.6 Å². The summed E-state index contributed by atoms with van der Waals surface area (Å²) in [6.07, 6.45) is 0.302. The minimum absolute atomic E-state index is 0.256. The van der Waals surface area contributed by atoms with Gasteiger partial charge in [-0.25, -0.2) is 4.79 Å². The van der Waals surface area contributed by atoms with E-state index in [9.17, 15) is 14.4 Å². The van der Waals surface area contributed by atoms with E-state index >= 15 is 0 Å². The molecular formula is C26H24N2O3. The molecule has 0 radical (unpaired) electrons. The van der Waals surface area contributed by atoms with Crippen LogP contribution >= 0.6 is 0 Å². The first-order chi connectivity index (χ1) is 14.9. The summed E-state index contributed by atoms with van der Waals surface area (Å²) < 4.78 is 0. The Labute approximate surface area is 181 Å². The van der Waals surface area contributed by atoms with E-state index in [1.54, 1.807) is 6.07 Å². The fourth-order valence-electron chi connectivity index (χ4n) is 4.08. The Balaban J connectivity index is 1.69. The summed E-state index contributed by atoms with van der Waals surface area (Å²) in [6.45, 7) is 3.46. The van der Waals surface area contributed by atoms with Crippen LogP contribution in [-0.2, 0) is 16.8 Å². The van der Waals surface area contributed by atoms with Gasteiger partial charge in [0, 0.05) is 12.0 Å². The van der Waals surface area contributed by atoms with Crippen LogP contribution in [0, 0.1) is 13.8 Å². The van der Waals surface area contributed by atoms with Crippen LogP contribution in [-0.4, -0.2) is 29.2 Å². The van der Waals surface area contributed by atoms with Crippen LogP contribution in [0.4, 0.5) is 4.79 Å². The number of urea groups is 1. The number of ketones is 1. The minimum Gasteiger partial charge on any atom is -0.319 e. The van der Waals surface area contributed by atoms with Gasteiger partial charge in [-0.2, -0.15) is 0 Å². The highest BCUT2D eigenvalue weighted by molar-refractivity contribution is 6.11. The molecule has 1 fully saturated rings. The predicted octanol–water partition coefficient (Wildman–Crippen LogP) is 4.18. The highest BCUT2D eigenvalue weighted by atomic mass is 16.2. The van der Waals surface area contributed by atoms with Crippen LogP contribution in [0.3, 0.4) is 0 Å². The van der Waals surface area contributed by atoms with E-state index in [0.29, 0.717) is 17.5 Å². The fraction of sp³-hybridized carbons (Fsp3) is 0.192. The molecule has 0 saturated carbocycles. The number of hydrogen-bond acceptors (Lipinski definition) is 3. The predicted molar refractivity (Wildman–Crippen MR) is 119 cm³/mol. The molecule has 1 saturated heterocycles. The molecule has 0 bridgehead atoms. The summed E-state index contributed by atoms with van der Waals surface area (Å²) in [5, 5.41) is 2.90. The minimum atomic E-state index is -1.25. The Morgan fingerprint density at radius 1 is 0.903 bits per heavy atom. The SMILES string of the molecule is Cc1ccc(C)c(C(=O)CN2C(=O)N[C@](Cc3ccccc3)(c3ccccc3)C2=O)c1. The Kier molecular flexibility index (Phi) is 5.42. The van der Waals surface area contributed by atoms with Crippen LogP contribution in [0.2, 0.25) is 0 Å². The molecule has 5 heteroatoms. The van der Waals surface area contributed by atoms with E-state index < -0.39 is 17.5 Å². The van der Waals surface area contributed by atoms with E-state index in [2.05, 4.69) is 5.32 Å². The maximum absolute atomic E-state index is 13.7. The molecule has 0 aliphatic carbocycles. The largest absolute Gasteiger partial charge is 0.325 e. The molecule has 1 N–H and O–H groups in total. The molecule has 3 aromatic carbocycles. The van der Waals surface area contributed by atoms with Gasteiger partial charge in [0.15, 0.2) is 11.3 Å². The van der Waals surface area contributed by atoms with Gasteiger partial charge in [0.2, 0.25) is 0 Å². The van der Waals surface area contributed by atoms with Gasteiger partial charge in [-0.3, -0.25) is 14.5 Å². The van der Waals surface area contributed by atoms with Crippen molar-refractivity contribution in [1.82, 2.24) is 10.2 Å². The van der Waals surface area contributed by atoms with E-state index in [1.165, 1.54) is 0 Å². The lowest BCUT2D eigenvalue weighted by Gasteiger charge is -2.27. The first kappa shape index (κ1) is 20.5. The normalized spacial score (nSPS) is 18.2. The molecule has 3 aromatic rings. The van der Waals surface area contributed by atoms with Crippen molar-refractivity contribution in [3.63, 3.8) is 0 Å². The van der Waals surface area contributed by atoms with Crippen molar-refractivity contribution in [2.75, 3.05) is 6.54 Å². The van der Waals surface area contributed by atoms with E-state index in [-0.39, 0.29) is 12.3 Å². The summed E-state index contributed by atoms with van der Waals surface area (Å²) in [7, 11) is 0. The number of carbonyl (C=O) groups is 3. The quantitative estimate of drug-likeness (QED) is 0.488. The molecule has 1 aliphatic rings. The fourth-order valence-corrected chi connectivity index (χ4v) is 4.08. The average molecular weight is 412 g/mol. The number of Topliss-reactive ketones (excluding diaryl/α,β-unsaturated/α-hetero) is 1. The molecule has 5 nitrogen and oxygen atoms in total. The Morgan fingerprint density at radius 2 is 1.55 bits per heavy atom. The molecule has 4 rings (SSSR count). The van der Waals surface area contributed by atoms with Gasteiger partial charge in [-0.05, 0) is 36.6 Å². The van der Waals surface area contributed by atoms with Crippen molar-refractivity contribution in [2.24, 2.45) is 0 Å². The number of aryl methyl sites for hydroxylation is 2. The lowest BCUT2D eigenvalue weighted by molar-refractivity contribution is -0.131. The Hall–Kier alpha value is -3.73. The second kappa shape index (κ2) is 8.19. The molecule has 1 atom stereocenters. The number of rotatable bonds is 6. The van der Waals surface area contributed by atoms with Gasteiger partial charge in [-0.15, -0.1) is 0 Å². The lowest BCUT2D eigenvalue weighted by atomic mass is 9.83. The van der Waals surface area contributed by atoms with Crippen molar-refractivity contribution in [1.29, 1.82) is 0 Å². The molecule has 1 heterocycles. The zero-order valence-electron chi connectivity index (χ0n) is 17.6. The van der Waals surface area contributed by atoms with Gasteiger partial charge in [-0.1, -0.05) is 78.4 Å². The van der Waals surface area contributed by atoms with Crippen molar-refractivity contribution >= 4 is 17.7 Å². The second-order valence-corrected chi connectivity index (χ2v) is 8.00. The smallest absolute Gasteiger partial charge is 0.319 e. The molecule has 31 heavy (non-hydrogen) atoms. The summed E-state index contributed by atoms with van der Waals surface area (Å²) in [4.78, 5) is 40.6. The molecule has 0 unspecified atom stereocenters. The Morgan fingerprint density at radius 3 is 2.23 bits per heavy atom. The van der Waals surface area contributed by atoms with Gasteiger partial charge < -0.3 is 5.32 Å². The number of nitrogens with one attached hydrogen (secondary N) is 1. The highest BCUT2D eigenvalue weighted by Crippen LogP contribution is 2.33. The van der Waals surface area contributed by atoms with Crippen LogP contribution in [0.5, 0.6) is 0 Å². The van der Waals surface area contributed by atoms with Crippen LogP contribution in [0.15, 0.2) is 78.9 Å². The van der Waals surface area contributed by atoms with Gasteiger partial charge in [0.05, 0.1) is 6.54 Å². The molecule has 0 spiro atoms. The molecule has 156 valence electrons. The zero-order valence-corrected chi connectivity index (χ0v) is 17.6. The van der Waals surface area contributed by atoms with E-state index in [4.69, 9.17) is 0 Å². The third kappa shape index (κ3) is 3.87. The monoisotopic (exact) mass is 412 g/mol. The van der Waals surface area contributed by atoms with Crippen molar-refractivity contribution in [3.05, 3.63) is 107 Å². The summed E-state index contributed by atoms with van der Waals surface area (Å²) >= 11 is 0. The number of carbonyl (C=O) groups excluding carboxylic acids is 3. The first-order valence-electron chi connectivity index (χ1n) is 10.2. The number of benzene rings is 3. The molecule has 3 amide bonds. The zero-order chi connectivity index (χ0) is 22.0. The summed E-state index contributed by atoms with van der Waals surface area (Å²) in [5.74, 6) is -0.667. The standard InChI is InChI=1S/C26H24N2O3/c1-18-13-14-19(2)22(15-18)23(29)17-28-24(30)26(27-25(28)31,21-11-7-4-8-12-21)16-20-9-5-3-6-10-20/h3-15H,16-17H2,1-2H3,(H,27,31)/t26-/m1/s1. The second-order valence-electron chi connectivity index (χ2n) is 8.00. The topological polar surface area (TPSA) is 66.5 Å².